The molecule has 2 aromatic carbocycles. The van der Waals surface area contributed by atoms with Crippen LogP contribution in [-0.2, 0) is 0 Å². The van der Waals surface area contributed by atoms with Gasteiger partial charge in [-0.05, 0) is 63.2 Å². The van der Waals surface area contributed by atoms with Gasteiger partial charge in [0, 0.05) is 36.1 Å². The quantitative estimate of drug-likeness (QED) is 0.588. The zero-order chi connectivity index (χ0) is 21.8. The maximum atomic E-state index is 12.5. The molecule has 8 nitrogen and oxygen atoms in total. The van der Waals surface area contributed by atoms with Crippen molar-refractivity contribution in [3.8, 4) is 11.5 Å². The van der Waals surface area contributed by atoms with Crippen molar-refractivity contribution in [1.82, 2.24) is 9.97 Å². The molecule has 2 heterocycles. The number of benzene rings is 2. The van der Waals surface area contributed by atoms with Crippen LogP contribution in [0.5, 0.6) is 11.5 Å². The van der Waals surface area contributed by atoms with Crippen molar-refractivity contribution in [3.05, 3.63) is 59.9 Å². The summed E-state index contributed by atoms with van der Waals surface area (Å²) in [5.41, 5.74) is 2.06. The van der Waals surface area contributed by atoms with Crippen molar-refractivity contribution < 1.29 is 14.3 Å². The average Bonchev–Trinajstić information content (AvgIpc) is 3.23. The van der Waals surface area contributed by atoms with E-state index in [-0.39, 0.29) is 12.7 Å². The first-order valence-corrected chi connectivity index (χ1v) is 10.2. The molecule has 0 unspecified atom stereocenters. The van der Waals surface area contributed by atoms with Crippen molar-refractivity contribution in [2.24, 2.45) is 0 Å². The SMILES string of the molecule is CCN(CC)c1cc(Nc2ccc(NC(=O)c3ccc4c(c3)OCO4)cc2)nc(C)n1. The third-order valence-corrected chi connectivity index (χ3v) is 4.96. The molecule has 0 radical (unpaired) electrons. The fourth-order valence-electron chi connectivity index (χ4n) is 3.35. The van der Waals surface area contributed by atoms with Crippen molar-refractivity contribution in [3.63, 3.8) is 0 Å². The molecular weight excluding hydrogens is 394 g/mol. The van der Waals surface area contributed by atoms with Crippen LogP contribution in [0, 0.1) is 6.92 Å². The molecule has 0 bridgehead atoms. The van der Waals surface area contributed by atoms with E-state index in [0.717, 1.165) is 30.4 Å². The summed E-state index contributed by atoms with van der Waals surface area (Å²) in [5.74, 6) is 3.35. The fourth-order valence-corrected chi connectivity index (χ4v) is 3.35. The highest BCUT2D eigenvalue weighted by molar-refractivity contribution is 6.04. The first-order valence-electron chi connectivity index (χ1n) is 10.2. The summed E-state index contributed by atoms with van der Waals surface area (Å²) in [6.07, 6.45) is 0. The molecule has 1 aliphatic heterocycles. The van der Waals surface area contributed by atoms with Crippen LogP contribution in [0.1, 0.15) is 30.0 Å². The maximum Gasteiger partial charge on any atom is 0.255 e. The van der Waals surface area contributed by atoms with Crippen molar-refractivity contribution in [2.75, 3.05) is 35.4 Å². The van der Waals surface area contributed by atoms with Gasteiger partial charge >= 0.3 is 0 Å². The van der Waals surface area contributed by atoms with Crippen molar-refractivity contribution in [1.29, 1.82) is 0 Å². The molecule has 0 aliphatic carbocycles. The van der Waals surface area contributed by atoms with Gasteiger partial charge in [-0.3, -0.25) is 4.79 Å². The van der Waals surface area contributed by atoms with Gasteiger partial charge in [0.1, 0.15) is 17.5 Å². The summed E-state index contributed by atoms with van der Waals surface area (Å²) in [4.78, 5) is 23.7. The number of aromatic nitrogens is 2. The van der Waals surface area contributed by atoms with Crippen molar-refractivity contribution >= 4 is 28.9 Å². The highest BCUT2D eigenvalue weighted by atomic mass is 16.7. The maximum absolute atomic E-state index is 12.5. The topological polar surface area (TPSA) is 88.6 Å². The zero-order valence-electron chi connectivity index (χ0n) is 17.8. The Labute approximate surface area is 181 Å². The standard InChI is InChI=1S/C23H25N5O3/c1-4-28(5-2)22-13-21(24-15(3)25-22)26-17-7-9-18(10-8-17)27-23(29)16-6-11-19-20(12-16)31-14-30-19/h6-13H,4-5,14H2,1-3H3,(H,27,29)(H,24,25,26). The van der Waals surface area contributed by atoms with Crippen LogP contribution in [-0.4, -0.2) is 35.8 Å². The number of carbonyl (C=O) groups is 1. The molecule has 1 amide bonds. The van der Waals surface area contributed by atoms with E-state index < -0.39 is 0 Å². The number of aryl methyl sites for hydroxylation is 1. The Balaban J connectivity index is 1.43. The van der Waals surface area contributed by atoms with Crippen LogP contribution < -0.4 is 25.0 Å². The van der Waals surface area contributed by atoms with E-state index >= 15 is 0 Å². The first-order chi connectivity index (χ1) is 15.1. The zero-order valence-corrected chi connectivity index (χ0v) is 17.8. The van der Waals surface area contributed by atoms with Crippen molar-refractivity contribution in [2.45, 2.75) is 20.8 Å². The lowest BCUT2D eigenvalue weighted by molar-refractivity contribution is 0.102. The molecule has 3 aromatic rings. The molecule has 1 aliphatic rings. The van der Waals surface area contributed by atoms with Gasteiger partial charge < -0.3 is 25.0 Å². The minimum Gasteiger partial charge on any atom is -0.454 e. The van der Waals surface area contributed by atoms with Crippen LogP contribution >= 0.6 is 0 Å². The van der Waals surface area contributed by atoms with Crippen LogP contribution in [0.2, 0.25) is 0 Å². The molecule has 0 saturated carbocycles. The van der Waals surface area contributed by atoms with Crippen LogP contribution in [0.4, 0.5) is 23.0 Å². The van der Waals surface area contributed by atoms with E-state index in [4.69, 9.17) is 9.47 Å². The molecular formula is C23H25N5O3. The van der Waals surface area contributed by atoms with Crippen LogP contribution in [0.3, 0.4) is 0 Å². The molecule has 1 aromatic heterocycles. The third kappa shape index (κ3) is 4.69. The van der Waals surface area contributed by atoms with Gasteiger partial charge in [0.2, 0.25) is 6.79 Å². The lowest BCUT2D eigenvalue weighted by Gasteiger charge is -2.20. The normalized spacial score (nSPS) is 11.8. The van der Waals surface area contributed by atoms with Gasteiger partial charge in [0.05, 0.1) is 0 Å². The number of anilines is 4. The summed E-state index contributed by atoms with van der Waals surface area (Å²) in [6.45, 7) is 8.02. The second kappa shape index (κ2) is 8.91. The number of ether oxygens (including phenoxy) is 2. The second-order valence-electron chi connectivity index (χ2n) is 7.06. The highest BCUT2D eigenvalue weighted by Gasteiger charge is 2.16. The van der Waals surface area contributed by atoms with E-state index in [1.54, 1.807) is 18.2 Å². The summed E-state index contributed by atoms with van der Waals surface area (Å²) >= 11 is 0. The summed E-state index contributed by atoms with van der Waals surface area (Å²) < 4.78 is 10.6. The van der Waals surface area contributed by atoms with Gasteiger partial charge in [0.25, 0.3) is 5.91 Å². The van der Waals surface area contributed by atoms with E-state index in [2.05, 4.69) is 39.3 Å². The fraction of sp³-hybridized carbons (Fsp3) is 0.261. The van der Waals surface area contributed by atoms with Gasteiger partial charge in [-0.2, -0.15) is 0 Å². The number of rotatable bonds is 7. The molecule has 8 heteroatoms. The summed E-state index contributed by atoms with van der Waals surface area (Å²) in [5, 5.41) is 6.20. The molecule has 31 heavy (non-hydrogen) atoms. The Bertz CT molecular complexity index is 1080. The number of hydrogen-bond acceptors (Lipinski definition) is 7. The third-order valence-electron chi connectivity index (χ3n) is 4.96. The number of nitrogens with one attached hydrogen (secondary N) is 2. The Morgan fingerprint density at radius 1 is 0.968 bits per heavy atom. The van der Waals surface area contributed by atoms with Crippen LogP contribution in [0.25, 0.3) is 0 Å². The Kier molecular flexibility index (Phi) is 5.88. The number of fused-ring (bicyclic) bond motifs is 1. The predicted molar refractivity (Wildman–Crippen MR) is 121 cm³/mol. The Morgan fingerprint density at radius 2 is 1.68 bits per heavy atom. The largest absolute Gasteiger partial charge is 0.454 e. The predicted octanol–water partition coefficient (Wildman–Crippen LogP) is 4.36. The highest BCUT2D eigenvalue weighted by Crippen LogP contribution is 2.32. The molecule has 4 rings (SSSR count). The minimum absolute atomic E-state index is 0.178. The van der Waals surface area contributed by atoms with E-state index in [1.807, 2.05) is 37.3 Å². The Morgan fingerprint density at radius 3 is 2.42 bits per heavy atom. The molecule has 0 spiro atoms. The van der Waals surface area contributed by atoms with Gasteiger partial charge in [0.15, 0.2) is 11.5 Å². The van der Waals surface area contributed by atoms with E-state index in [1.165, 1.54) is 0 Å². The Hall–Kier alpha value is -3.81. The number of amides is 1. The lowest BCUT2D eigenvalue weighted by atomic mass is 10.2. The molecule has 0 atom stereocenters. The molecule has 0 saturated heterocycles. The van der Waals surface area contributed by atoms with Gasteiger partial charge in [-0.25, -0.2) is 9.97 Å². The minimum atomic E-state index is -0.214. The monoisotopic (exact) mass is 419 g/mol. The van der Waals surface area contributed by atoms with E-state index in [9.17, 15) is 4.79 Å². The lowest BCUT2D eigenvalue weighted by Crippen LogP contribution is -2.23. The number of nitrogens with zero attached hydrogens (tertiary/aromatic N) is 3. The molecule has 0 fully saturated rings. The smallest absolute Gasteiger partial charge is 0.255 e. The molecule has 2 N–H and O–H groups in total. The summed E-state index contributed by atoms with van der Waals surface area (Å²) in [6, 6.07) is 14.5. The average molecular weight is 419 g/mol. The van der Waals surface area contributed by atoms with Gasteiger partial charge in [-0.1, -0.05) is 0 Å². The summed E-state index contributed by atoms with van der Waals surface area (Å²) in [7, 11) is 0. The van der Waals surface area contributed by atoms with E-state index in [0.29, 0.717) is 28.6 Å². The first kappa shape index (κ1) is 20.5. The number of carbonyl (C=O) groups excluding carboxylic acids is 1. The van der Waals surface area contributed by atoms with Gasteiger partial charge in [-0.15, -0.1) is 0 Å². The van der Waals surface area contributed by atoms with Crippen LogP contribution in [0.15, 0.2) is 48.5 Å². The molecule has 160 valence electrons. The second-order valence-corrected chi connectivity index (χ2v) is 7.06. The number of hydrogen-bond donors (Lipinski definition) is 2.